The van der Waals surface area contributed by atoms with Gasteiger partial charge in [-0.15, -0.1) is 11.3 Å². The minimum atomic E-state index is -3.14. The van der Waals surface area contributed by atoms with Gasteiger partial charge in [0, 0.05) is 31.3 Å². The fraction of sp³-hybridized carbons (Fsp3) is 0.706. The summed E-state index contributed by atoms with van der Waals surface area (Å²) >= 11 is 1.78. The molecule has 0 aromatic carbocycles. The minimum absolute atomic E-state index is 0.318. The van der Waals surface area contributed by atoms with Crippen LogP contribution in [0.5, 0.6) is 0 Å². The third-order valence-corrected chi connectivity index (χ3v) is 7.95. The maximum absolute atomic E-state index is 11.8. The standard InChI is InChI=1S/C17H30N4O2S2/c1-17(2,25(4,22)23)13-20-16(18-3)19-12-14(15-8-7-11-24-15)21-9-5-6-10-21/h7-8,11,14H,5-6,9-10,12-13H2,1-4H3,(H2,18,19,20). The van der Waals surface area contributed by atoms with Crippen molar-refractivity contribution in [2.45, 2.75) is 37.5 Å². The Morgan fingerprint density at radius 1 is 1.36 bits per heavy atom. The predicted molar refractivity (Wildman–Crippen MR) is 106 cm³/mol. The Morgan fingerprint density at radius 2 is 2.04 bits per heavy atom. The van der Waals surface area contributed by atoms with Crippen LogP contribution in [-0.4, -0.2) is 63.5 Å². The number of aliphatic imine (C=N–C) groups is 1. The van der Waals surface area contributed by atoms with Gasteiger partial charge in [0.25, 0.3) is 0 Å². The maximum Gasteiger partial charge on any atom is 0.191 e. The van der Waals surface area contributed by atoms with E-state index in [2.05, 4.69) is 38.0 Å². The Kier molecular flexibility index (Phi) is 6.87. The number of likely N-dealkylation sites (tertiary alicyclic amines) is 1. The van der Waals surface area contributed by atoms with Gasteiger partial charge in [-0.1, -0.05) is 6.07 Å². The second kappa shape index (κ2) is 8.51. The number of hydrogen-bond donors (Lipinski definition) is 2. The molecule has 1 unspecified atom stereocenters. The van der Waals surface area contributed by atoms with Crippen LogP contribution in [0.2, 0.25) is 0 Å². The molecule has 0 saturated carbocycles. The number of hydrogen-bond acceptors (Lipinski definition) is 5. The molecule has 0 aliphatic carbocycles. The van der Waals surface area contributed by atoms with E-state index < -0.39 is 14.6 Å². The van der Waals surface area contributed by atoms with Crippen LogP contribution < -0.4 is 10.6 Å². The molecule has 1 saturated heterocycles. The van der Waals surface area contributed by atoms with Crippen LogP contribution in [0.3, 0.4) is 0 Å². The van der Waals surface area contributed by atoms with Crippen molar-refractivity contribution >= 4 is 27.1 Å². The Bertz CT molecular complexity index is 663. The van der Waals surface area contributed by atoms with E-state index in [0.29, 0.717) is 18.5 Å². The third-order valence-electron chi connectivity index (χ3n) is 4.82. The average Bonchev–Trinajstić information content (AvgIpc) is 3.23. The first-order chi connectivity index (χ1) is 11.7. The van der Waals surface area contributed by atoms with Crippen molar-refractivity contribution in [2.24, 2.45) is 4.99 Å². The number of guanidine groups is 1. The molecule has 0 amide bonds. The number of sulfone groups is 1. The number of thiophene rings is 1. The summed E-state index contributed by atoms with van der Waals surface area (Å²) in [6.07, 6.45) is 3.76. The first-order valence-electron chi connectivity index (χ1n) is 8.66. The fourth-order valence-corrected chi connectivity index (χ4v) is 3.98. The van der Waals surface area contributed by atoms with Gasteiger partial charge in [0.2, 0.25) is 0 Å². The molecule has 0 spiro atoms. The summed E-state index contributed by atoms with van der Waals surface area (Å²) in [5.41, 5.74) is 0. The van der Waals surface area contributed by atoms with Crippen LogP contribution in [0.25, 0.3) is 0 Å². The molecule has 1 aliphatic heterocycles. The fourth-order valence-electron chi connectivity index (χ4n) is 2.79. The lowest BCUT2D eigenvalue weighted by Gasteiger charge is -2.28. The van der Waals surface area contributed by atoms with Crippen molar-refractivity contribution < 1.29 is 8.42 Å². The van der Waals surface area contributed by atoms with Gasteiger partial charge in [0.15, 0.2) is 15.8 Å². The van der Waals surface area contributed by atoms with Gasteiger partial charge >= 0.3 is 0 Å². The molecular weight excluding hydrogens is 356 g/mol. The first kappa shape index (κ1) is 20.2. The normalized spacial score (nSPS) is 18.3. The SMILES string of the molecule is CN=C(NCC(c1cccs1)N1CCCC1)NCC(C)(C)S(C)(=O)=O. The zero-order chi connectivity index (χ0) is 18.5. The van der Waals surface area contributed by atoms with E-state index in [0.717, 1.165) is 19.6 Å². The summed E-state index contributed by atoms with van der Waals surface area (Å²) in [7, 11) is -1.43. The van der Waals surface area contributed by atoms with Gasteiger partial charge in [-0.25, -0.2) is 8.42 Å². The van der Waals surface area contributed by atoms with Crippen molar-refractivity contribution in [1.82, 2.24) is 15.5 Å². The second-order valence-corrected chi connectivity index (χ2v) is 10.7. The van der Waals surface area contributed by atoms with E-state index in [1.54, 1.807) is 32.2 Å². The zero-order valence-electron chi connectivity index (χ0n) is 15.6. The highest BCUT2D eigenvalue weighted by molar-refractivity contribution is 7.92. The summed E-state index contributed by atoms with van der Waals surface area (Å²) in [6, 6.07) is 4.59. The second-order valence-electron chi connectivity index (χ2n) is 7.11. The van der Waals surface area contributed by atoms with Gasteiger partial charge in [0.1, 0.15) is 0 Å². The first-order valence-corrected chi connectivity index (χ1v) is 11.4. The summed E-state index contributed by atoms with van der Waals surface area (Å²) in [5, 5.41) is 8.63. The van der Waals surface area contributed by atoms with Crippen LogP contribution in [0.1, 0.15) is 37.6 Å². The van der Waals surface area contributed by atoms with Gasteiger partial charge in [0.05, 0.1) is 10.8 Å². The molecule has 142 valence electrons. The van der Waals surface area contributed by atoms with Gasteiger partial charge in [-0.05, 0) is 51.2 Å². The van der Waals surface area contributed by atoms with E-state index in [1.165, 1.54) is 24.0 Å². The van der Waals surface area contributed by atoms with Crippen LogP contribution in [0.15, 0.2) is 22.5 Å². The number of nitrogens with zero attached hydrogens (tertiary/aromatic N) is 2. The largest absolute Gasteiger partial charge is 0.355 e. The monoisotopic (exact) mass is 386 g/mol. The Balaban J connectivity index is 1.96. The molecule has 2 rings (SSSR count). The third kappa shape index (κ3) is 5.43. The van der Waals surface area contributed by atoms with Crippen LogP contribution in [0.4, 0.5) is 0 Å². The van der Waals surface area contributed by atoms with E-state index in [-0.39, 0.29) is 0 Å². The molecule has 6 nitrogen and oxygen atoms in total. The van der Waals surface area contributed by atoms with Crippen molar-refractivity contribution in [2.75, 3.05) is 39.5 Å². The molecule has 0 radical (unpaired) electrons. The summed E-state index contributed by atoms with van der Waals surface area (Å²) in [6.45, 7) is 6.76. The molecule has 2 heterocycles. The van der Waals surface area contributed by atoms with E-state index in [4.69, 9.17) is 0 Å². The van der Waals surface area contributed by atoms with E-state index in [9.17, 15) is 8.42 Å². The lowest BCUT2D eigenvalue weighted by Crippen LogP contribution is -2.49. The van der Waals surface area contributed by atoms with Crippen molar-refractivity contribution in [3.63, 3.8) is 0 Å². The van der Waals surface area contributed by atoms with Gasteiger partial charge in [-0.2, -0.15) is 0 Å². The van der Waals surface area contributed by atoms with Crippen molar-refractivity contribution in [3.05, 3.63) is 22.4 Å². The van der Waals surface area contributed by atoms with Crippen molar-refractivity contribution in [1.29, 1.82) is 0 Å². The maximum atomic E-state index is 11.8. The topological polar surface area (TPSA) is 73.8 Å². The quantitative estimate of drug-likeness (QED) is 0.553. The summed E-state index contributed by atoms with van der Waals surface area (Å²) in [5.74, 6) is 0.637. The Labute approximate surface area is 155 Å². The molecule has 25 heavy (non-hydrogen) atoms. The Hall–Kier alpha value is -1.12. The molecule has 1 aromatic heterocycles. The molecule has 2 N–H and O–H groups in total. The van der Waals surface area contributed by atoms with Crippen LogP contribution >= 0.6 is 11.3 Å². The summed E-state index contributed by atoms with van der Waals surface area (Å²) < 4.78 is 22.8. The number of rotatable bonds is 7. The van der Waals surface area contributed by atoms with Crippen LogP contribution in [0, 0.1) is 0 Å². The lowest BCUT2D eigenvalue weighted by molar-refractivity contribution is 0.249. The molecule has 8 heteroatoms. The average molecular weight is 387 g/mol. The highest BCUT2D eigenvalue weighted by Gasteiger charge is 2.30. The van der Waals surface area contributed by atoms with Gasteiger partial charge in [-0.3, -0.25) is 9.89 Å². The Morgan fingerprint density at radius 3 is 2.56 bits per heavy atom. The molecule has 1 atom stereocenters. The van der Waals surface area contributed by atoms with Gasteiger partial charge < -0.3 is 10.6 Å². The lowest BCUT2D eigenvalue weighted by atomic mass is 10.2. The smallest absolute Gasteiger partial charge is 0.191 e. The molecule has 0 bridgehead atoms. The van der Waals surface area contributed by atoms with Crippen LogP contribution in [-0.2, 0) is 9.84 Å². The van der Waals surface area contributed by atoms with E-state index in [1.807, 2.05) is 0 Å². The van der Waals surface area contributed by atoms with Crippen molar-refractivity contribution in [3.8, 4) is 0 Å². The highest BCUT2D eigenvalue weighted by Crippen LogP contribution is 2.27. The minimum Gasteiger partial charge on any atom is -0.355 e. The highest BCUT2D eigenvalue weighted by atomic mass is 32.2. The molecule has 1 aromatic rings. The zero-order valence-corrected chi connectivity index (χ0v) is 17.2. The predicted octanol–water partition coefficient (Wildman–Crippen LogP) is 1.87. The number of nitrogens with one attached hydrogen (secondary N) is 2. The molecule has 1 aliphatic rings. The molecule has 1 fully saturated rings. The summed E-state index contributed by atoms with van der Waals surface area (Å²) in [4.78, 5) is 8.09. The molecular formula is C17H30N4O2S2. The van der Waals surface area contributed by atoms with E-state index >= 15 is 0 Å².